The minimum absolute atomic E-state index is 0.430. The number of likely N-dealkylation sites (tertiary alicyclic amines) is 1. The van der Waals surface area contributed by atoms with Gasteiger partial charge in [0.2, 0.25) is 15.9 Å². The predicted octanol–water partition coefficient (Wildman–Crippen LogP) is 0.125. The maximum atomic E-state index is 11.0. The number of hydrogen-bond donors (Lipinski definition) is 2. The Balaban J connectivity index is 1.67. The molecule has 2 N–H and O–H groups in total. The second-order valence-electron chi connectivity index (χ2n) is 6.01. The first-order chi connectivity index (χ1) is 11.0. The lowest BCUT2D eigenvalue weighted by Gasteiger charge is -2.32. The second kappa shape index (κ2) is 8.72. The zero-order valence-corrected chi connectivity index (χ0v) is 14.7. The Labute approximate surface area is 138 Å². The fourth-order valence-corrected chi connectivity index (χ4v) is 3.23. The molecule has 2 heterocycles. The quantitative estimate of drug-likeness (QED) is 0.613. The highest BCUT2D eigenvalue weighted by Gasteiger charge is 2.20. The van der Waals surface area contributed by atoms with Gasteiger partial charge in [0.25, 0.3) is 0 Å². The zero-order chi connectivity index (χ0) is 16.7. The van der Waals surface area contributed by atoms with Crippen molar-refractivity contribution in [3.8, 4) is 0 Å². The standard InChI is InChI=1S/C14H27N5O3S/c1-3-14-17-13(18-22-14)11-19-9-4-6-12(10-19)15-7-5-8-16-23(2,20)21/h12,15-16H,3-11H2,1-2H3/t12-/m1/s1. The van der Waals surface area contributed by atoms with Crippen molar-refractivity contribution in [1.82, 2.24) is 25.1 Å². The molecule has 1 aromatic heterocycles. The highest BCUT2D eigenvalue weighted by Crippen LogP contribution is 2.12. The van der Waals surface area contributed by atoms with E-state index in [9.17, 15) is 8.42 Å². The molecular formula is C14H27N5O3S. The van der Waals surface area contributed by atoms with Gasteiger partial charge in [-0.15, -0.1) is 0 Å². The summed E-state index contributed by atoms with van der Waals surface area (Å²) in [7, 11) is -3.08. The lowest BCUT2D eigenvalue weighted by molar-refractivity contribution is 0.178. The molecular weight excluding hydrogens is 318 g/mol. The van der Waals surface area contributed by atoms with E-state index >= 15 is 0 Å². The van der Waals surface area contributed by atoms with Gasteiger partial charge in [-0.2, -0.15) is 4.98 Å². The molecule has 1 aliphatic heterocycles. The third-order valence-electron chi connectivity index (χ3n) is 3.83. The largest absolute Gasteiger partial charge is 0.339 e. The topological polar surface area (TPSA) is 100 Å². The van der Waals surface area contributed by atoms with Gasteiger partial charge in [0.1, 0.15) is 0 Å². The molecule has 132 valence electrons. The summed E-state index contributed by atoms with van der Waals surface area (Å²) in [4.78, 5) is 6.69. The van der Waals surface area contributed by atoms with Gasteiger partial charge in [-0.1, -0.05) is 12.1 Å². The lowest BCUT2D eigenvalue weighted by Crippen LogP contribution is -2.46. The summed E-state index contributed by atoms with van der Waals surface area (Å²) in [6.07, 6.45) is 5.01. The van der Waals surface area contributed by atoms with Crippen LogP contribution in [-0.4, -0.2) is 61.9 Å². The van der Waals surface area contributed by atoms with Crippen LogP contribution in [-0.2, 0) is 23.0 Å². The van der Waals surface area contributed by atoms with Crippen molar-refractivity contribution in [1.29, 1.82) is 0 Å². The third kappa shape index (κ3) is 6.94. The number of aromatic nitrogens is 2. The van der Waals surface area contributed by atoms with E-state index in [1.165, 1.54) is 6.26 Å². The van der Waals surface area contributed by atoms with Crippen LogP contribution in [0.3, 0.4) is 0 Å². The first-order valence-electron chi connectivity index (χ1n) is 8.18. The van der Waals surface area contributed by atoms with Gasteiger partial charge in [0.15, 0.2) is 5.82 Å². The summed E-state index contributed by atoms with van der Waals surface area (Å²) in [6, 6.07) is 0.430. The van der Waals surface area contributed by atoms with Gasteiger partial charge in [-0.25, -0.2) is 13.1 Å². The molecule has 1 aliphatic rings. The SMILES string of the molecule is CCc1nc(CN2CCC[C@@H](NCCCNS(C)(=O)=O)C2)no1. The van der Waals surface area contributed by atoms with Crippen LogP contribution in [0, 0.1) is 0 Å². The Morgan fingerprint density at radius 3 is 2.91 bits per heavy atom. The van der Waals surface area contributed by atoms with E-state index < -0.39 is 10.0 Å². The molecule has 0 bridgehead atoms. The molecule has 0 radical (unpaired) electrons. The van der Waals surface area contributed by atoms with Crippen LogP contribution in [0.5, 0.6) is 0 Å². The number of aryl methyl sites for hydroxylation is 1. The Kier molecular flexibility index (Phi) is 6.94. The van der Waals surface area contributed by atoms with Crippen molar-refractivity contribution >= 4 is 10.0 Å². The molecule has 1 fully saturated rings. The molecule has 8 nitrogen and oxygen atoms in total. The van der Waals surface area contributed by atoms with Crippen LogP contribution in [0.4, 0.5) is 0 Å². The summed E-state index contributed by atoms with van der Waals surface area (Å²) in [5.74, 6) is 1.44. The summed E-state index contributed by atoms with van der Waals surface area (Å²) < 4.78 is 29.6. The van der Waals surface area contributed by atoms with Crippen LogP contribution in [0.2, 0.25) is 0 Å². The van der Waals surface area contributed by atoms with Gasteiger partial charge in [-0.3, -0.25) is 4.90 Å². The minimum atomic E-state index is -3.08. The number of sulfonamides is 1. The van der Waals surface area contributed by atoms with E-state index in [-0.39, 0.29) is 0 Å². The predicted molar refractivity (Wildman–Crippen MR) is 87.4 cm³/mol. The molecule has 9 heteroatoms. The van der Waals surface area contributed by atoms with E-state index in [0.717, 1.165) is 57.7 Å². The molecule has 0 aromatic carbocycles. The maximum Gasteiger partial charge on any atom is 0.226 e. The molecule has 0 unspecified atom stereocenters. The van der Waals surface area contributed by atoms with E-state index in [4.69, 9.17) is 4.52 Å². The van der Waals surface area contributed by atoms with Crippen molar-refractivity contribution in [3.05, 3.63) is 11.7 Å². The number of piperidine rings is 1. The molecule has 1 saturated heterocycles. The maximum absolute atomic E-state index is 11.0. The fraction of sp³-hybridized carbons (Fsp3) is 0.857. The zero-order valence-electron chi connectivity index (χ0n) is 13.9. The van der Waals surface area contributed by atoms with Crippen molar-refractivity contribution in [2.24, 2.45) is 0 Å². The molecule has 0 saturated carbocycles. The van der Waals surface area contributed by atoms with Crippen molar-refractivity contribution in [3.63, 3.8) is 0 Å². The molecule has 0 spiro atoms. The number of rotatable bonds is 9. The Bertz CT molecular complexity index is 575. The van der Waals surface area contributed by atoms with E-state index in [1.54, 1.807) is 0 Å². The molecule has 0 aliphatic carbocycles. The lowest BCUT2D eigenvalue weighted by atomic mass is 10.1. The van der Waals surface area contributed by atoms with E-state index in [2.05, 4.69) is 25.1 Å². The summed E-state index contributed by atoms with van der Waals surface area (Å²) in [6.45, 7) is 6.00. The summed E-state index contributed by atoms with van der Waals surface area (Å²) in [5.41, 5.74) is 0. The Morgan fingerprint density at radius 2 is 2.22 bits per heavy atom. The van der Waals surface area contributed by atoms with Crippen molar-refractivity contribution in [2.45, 2.75) is 45.2 Å². The normalized spacial score (nSPS) is 20.0. The minimum Gasteiger partial charge on any atom is -0.339 e. The van der Waals surface area contributed by atoms with Crippen LogP contribution < -0.4 is 10.0 Å². The monoisotopic (exact) mass is 345 g/mol. The third-order valence-corrected chi connectivity index (χ3v) is 4.56. The molecule has 2 rings (SSSR count). The van der Waals surface area contributed by atoms with Crippen molar-refractivity contribution < 1.29 is 12.9 Å². The van der Waals surface area contributed by atoms with Gasteiger partial charge >= 0.3 is 0 Å². The highest BCUT2D eigenvalue weighted by molar-refractivity contribution is 7.88. The van der Waals surface area contributed by atoms with Crippen molar-refractivity contribution in [2.75, 3.05) is 32.4 Å². The smallest absolute Gasteiger partial charge is 0.226 e. The molecule has 1 atom stereocenters. The first kappa shape index (κ1) is 18.3. The first-order valence-corrected chi connectivity index (χ1v) is 10.1. The fourth-order valence-electron chi connectivity index (χ4n) is 2.72. The van der Waals surface area contributed by atoms with Gasteiger partial charge in [-0.05, 0) is 32.4 Å². The number of nitrogens with zero attached hydrogens (tertiary/aromatic N) is 3. The molecule has 1 aromatic rings. The number of hydrogen-bond acceptors (Lipinski definition) is 7. The average molecular weight is 345 g/mol. The van der Waals surface area contributed by atoms with Crippen LogP contribution in [0.1, 0.15) is 37.9 Å². The van der Waals surface area contributed by atoms with E-state index in [1.807, 2.05) is 6.92 Å². The van der Waals surface area contributed by atoms with Gasteiger partial charge in [0.05, 0.1) is 12.8 Å². The Morgan fingerprint density at radius 1 is 1.39 bits per heavy atom. The molecule has 0 amide bonds. The Hall–Kier alpha value is -1.03. The second-order valence-corrected chi connectivity index (χ2v) is 7.84. The van der Waals surface area contributed by atoms with Gasteiger partial charge in [0, 0.05) is 25.6 Å². The summed E-state index contributed by atoms with van der Waals surface area (Å²) in [5, 5.41) is 7.50. The summed E-state index contributed by atoms with van der Waals surface area (Å²) >= 11 is 0. The van der Waals surface area contributed by atoms with Crippen LogP contribution in [0.15, 0.2) is 4.52 Å². The highest BCUT2D eigenvalue weighted by atomic mass is 32.2. The number of nitrogens with one attached hydrogen (secondary N) is 2. The van der Waals surface area contributed by atoms with Crippen LogP contribution >= 0.6 is 0 Å². The van der Waals surface area contributed by atoms with Crippen LogP contribution in [0.25, 0.3) is 0 Å². The van der Waals surface area contributed by atoms with Gasteiger partial charge < -0.3 is 9.84 Å². The van der Waals surface area contributed by atoms with E-state index in [0.29, 0.717) is 18.5 Å². The molecule has 23 heavy (non-hydrogen) atoms. The average Bonchev–Trinajstić information content (AvgIpc) is 2.94.